The molecule has 0 amide bonds. The summed E-state index contributed by atoms with van der Waals surface area (Å²) in [4.78, 5) is 3.88. The fraction of sp³-hybridized carbons (Fsp3) is 0. The Labute approximate surface area is 87.0 Å². The maximum Gasteiger partial charge on any atom is 0.103 e. The highest BCUT2D eigenvalue weighted by atomic mass is 35.5. The number of hydrogen-bond donors (Lipinski definition) is 0. The fourth-order valence-corrected chi connectivity index (χ4v) is 0.921. The maximum absolute atomic E-state index is 8.59. The van der Waals surface area contributed by atoms with E-state index in [0.29, 0.717) is 5.56 Å². The normalized spacial score (nSPS) is 8.23. The third-order valence-electron chi connectivity index (χ3n) is 1.45. The third-order valence-corrected chi connectivity index (χ3v) is 1.45. The van der Waals surface area contributed by atoms with Crippen molar-refractivity contribution in [2.45, 2.75) is 0 Å². The van der Waals surface area contributed by atoms with Gasteiger partial charge in [0.05, 0.1) is 18.0 Å². The Hall–Kier alpha value is -1.31. The van der Waals surface area contributed by atoms with E-state index in [1.807, 2.05) is 6.07 Å². The first kappa shape index (κ1) is 11.7. The van der Waals surface area contributed by atoms with Gasteiger partial charge in [-0.2, -0.15) is 10.4 Å². The Kier molecular flexibility index (Phi) is 4.18. The Bertz CT molecular complexity index is 431. The second-order valence-corrected chi connectivity index (χ2v) is 2.08. The van der Waals surface area contributed by atoms with Gasteiger partial charge in [-0.1, -0.05) is 0 Å². The summed E-state index contributed by atoms with van der Waals surface area (Å²) >= 11 is 0. The largest absolute Gasteiger partial charge is 0.261 e. The standard InChI is InChI=1S/C7H4N4.2ClH/c8-3-6-4-10-11-2-1-9-5-7(6)11;;/h1-2,4-5H;2*1H. The Balaban J connectivity index is 0.000000720. The van der Waals surface area contributed by atoms with E-state index in [9.17, 15) is 0 Å². The fourth-order valence-electron chi connectivity index (χ4n) is 0.921. The molecule has 0 saturated carbocycles. The van der Waals surface area contributed by atoms with Gasteiger partial charge in [0.2, 0.25) is 0 Å². The number of fused-ring (bicyclic) bond motifs is 1. The van der Waals surface area contributed by atoms with Crippen LogP contribution in [0.2, 0.25) is 0 Å². The molecule has 0 spiro atoms. The van der Waals surface area contributed by atoms with Crippen molar-refractivity contribution in [2.24, 2.45) is 0 Å². The average Bonchev–Trinajstić information content (AvgIpc) is 2.47. The van der Waals surface area contributed by atoms with Gasteiger partial charge < -0.3 is 0 Å². The van der Waals surface area contributed by atoms with Gasteiger partial charge in [-0.25, -0.2) is 4.52 Å². The van der Waals surface area contributed by atoms with Gasteiger partial charge in [-0.15, -0.1) is 24.8 Å². The highest BCUT2D eigenvalue weighted by Gasteiger charge is 1.99. The number of aromatic nitrogens is 3. The summed E-state index contributed by atoms with van der Waals surface area (Å²) in [6.45, 7) is 0. The number of nitriles is 1. The van der Waals surface area contributed by atoms with Crippen LogP contribution < -0.4 is 0 Å². The van der Waals surface area contributed by atoms with E-state index in [2.05, 4.69) is 10.1 Å². The predicted molar refractivity (Wildman–Crippen MR) is 52.2 cm³/mol. The zero-order valence-electron chi connectivity index (χ0n) is 6.41. The summed E-state index contributed by atoms with van der Waals surface area (Å²) in [7, 11) is 0. The maximum atomic E-state index is 8.59. The molecule has 0 aliphatic carbocycles. The summed E-state index contributed by atoms with van der Waals surface area (Å²) < 4.78 is 1.62. The van der Waals surface area contributed by atoms with Crippen molar-refractivity contribution >= 4 is 30.3 Å². The van der Waals surface area contributed by atoms with Crippen molar-refractivity contribution in [2.75, 3.05) is 0 Å². The molecule has 2 rings (SSSR count). The Morgan fingerprint density at radius 3 is 2.77 bits per heavy atom. The molecule has 13 heavy (non-hydrogen) atoms. The average molecular weight is 217 g/mol. The summed E-state index contributed by atoms with van der Waals surface area (Å²) in [5.41, 5.74) is 1.30. The first-order valence-electron chi connectivity index (χ1n) is 3.09. The highest BCUT2D eigenvalue weighted by Crippen LogP contribution is 2.05. The lowest BCUT2D eigenvalue weighted by molar-refractivity contribution is 0.946. The van der Waals surface area contributed by atoms with Crippen molar-refractivity contribution in [3.8, 4) is 6.07 Å². The molecule has 68 valence electrons. The van der Waals surface area contributed by atoms with E-state index in [4.69, 9.17) is 5.26 Å². The zero-order valence-corrected chi connectivity index (χ0v) is 8.05. The summed E-state index contributed by atoms with van der Waals surface area (Å²) in [6.07, 6.45) is 6.47. The molecular weight excluding hydrogens is 211 g/mol. The molecule has 0 aliphatic heterocycles. The molecule has 0 bridgehead atoms. The number of hydrogen-bond acceptors (Lipinski definition) is 3. The summed E-state index contributed by atoms with van der Waals surface area (Å²) in [5.74, 6) is 0. The first-order chi connectivity index (χ1) is 5.42. The Morgan fingerprint density at radius 1 is 1.31 bits per heavy atom. The Morgan fingerprint density at radius 2 is 2.08 bits per heavy atom. The van der Waals surface area contributed by atoms with E-state index in [1.165, 1.54) is 6.20 Å². The SMILES string of the molecule is Cl.Cl.N#Cc1cnn2ccncc12. The van der Waals surface area contributed by atoms with E-state index in [0.717, 1.165) is 5.52 Å². The molecule has 0 radical (unpaired) electrons. The summed E-state index contributed by atoms with van der Waals surface area (Å²) in [6, 6.07) is 2.03. The van der Waals surface area contributed by atoms with Crippen molar-refractivity contribution < 1.29 is 0 Å². The van der Waals surface area contributed by atoms with Crippen LogP contribution in [0.4, 0.5) is 0 Å². The van der Waals surface area contributed by atoms with Gasteiger partial charge in [0.15, 0.2) is 0 Å². The van der Waals surface area contributed by atoms with Crippen LogP contribution in [0.25, 0.3) is 5.52 Å². The summed E-state index contributed by atoms with van der Waals surface area (Å²) in [5, 5.41) is 12.5. The first-order valence-corrected chi connectivity index (χ1v) is 3.09. The topological polar surface area (TPSA) is 54.0 Å². The number of halogens is 2. The molecule has 0 aromatic carbocycles. The molecule has 6 heteroatoms. The van der Waals surface area contributed by atoms with Crippen molar-refractivity contribution in [1.82, 2.24) is 14.6 Å². The van der Waals surface area contributed by atoms with E-state index >= 15 is 0 Å². The van der Waals surface area contributed by atoms with Crippen LogP contribution in [0, 0.1) is 11.3 Å². The highest BCUT2D eigenvalue weighted by molar-refractivity contribution is 5.85. The molecule has 0 aliphatic rings. The molecule has 0 fully saturated rings. The van der Waals surface area contributed by atoms with E-state index in [-0.39, 0.29) is 24.8 Å². The van der Waals surface area contributed by atoms with Gasteiger partial charge in [0.25, 0.3) is 0 Å². The molecule has 4 nitrogen and oxygen atoms in total. The molecule has 0 N–H and O–H groups in total. The lowest BCUT2D eigenvalue weighted by Gasteiger charge is -1.87. The van der Waals surface area contributed by atoms with E-state index < -0.39 is 0 Å². The lowest BCUT2D eigenvalue weighted by Crippen LogP contribution is -1.85. The monoisotopic (exact) mass is 216 g/mol. The van der Waals surface area contributed by atoms with Crippen molar-refractivity contribution in [1.29, 1.82) is 5.26 Å². The van der Waals surface area contributed by atoms with Crippen LogP contribution in [0.5, 0.6) is 0 Å². The van der Waals surface area contributed by atoms with Gasteiger partial charge in [0.1, 0.15) is 11.6 Å². The van der Waals surface area contributed by atoms with Crippen LogP contribution >= 0.6 is 24.8 Å². The van der Waals surface area contributed by atoms with Gasteiger partial charge >= 0.3 is 0 Å². The third kappa shape index (κ3) is 1.89. The molecule has 0 saturated heterocycles. The molecule has 2 aromatic rings. The quantitative estimate of drug-likeness (QED) is 0.670. The van der Waals surface area contributed by atoms with Crippen LogP contribution in [0.3, 0.4) is 0 Å². The van der Waals surface area contributed by atoms with E-state index in [1.54, 1.807) is 23.1 Å². The minimum atomic E-state index is 0. The molecule has 2 heterocycles. The molecule has 0 unspecified atom stereocenters. The lowest BCUT2D eigenvalue weighted by atomic mass is 10.3. The van der Waals surface area contributed by atoms with Crippen LogP contribution in [-0.4, -0.2) is 14.6 Å². The minimum Gasteiger partial charge on any atom is -0.261 e. The van der Waals surface area contributed by atoms with Gasteiger partial charge in [-0.05, 0) is 0 Å². The minimum absolute atomic E-state index is 0. The predicted octanol–water partition coefficient (Wildman–Crippen LogP) is 1.44. The van der Waals surface area contributed by atoms with Crippen molar-refractivity contribution in [3.63, 3.8) is 0 Å². The number of nitrogens with zero attached hydrogens (tertiary/aromatic N) is 4. The van der Waals surface area contributed by atoms with Gasteiger partial charge in [0, 0.05) is 12.4 Å². The molecule has 2 aromatic heterocycles. The van der Waals surface area contributed by atoms with Crippen LogP contribution in [-0.2, 0) is 0 Å². The number of rotatable bonds is 0. The molecule has 0 atom stereocenters. The van der Waals surface area contributed by atoms with Crippen LogP contribution in [0.1, 0.15) is 5.56 Å². The zero-order chi connectivity index (χ0) is 7.68. The smallest absolute Gasteiger partial charge is 0.103 e. The van der Waals surface area contributed by atoms with Gasteiger partial charge in [-0.3, -0.25) is 4.98 Å². The second-order valence-electron chi connectivity index (χ2n) is 2.08. The van der Waals surface area contributed by atoms with Crippen molar-refractivity contribution in [3.05, 3.63) is 30.4 Å². The second kappa shape index (κ2) is 4.65. The van der Waals surface area contributed by atoms with Crippen LogP contribution in [0.15, 0.2) is 24.8 Å². The molecular formula is C7H6Cl2N4.